The van der Waals surface area contributed by atoms with E-state index in [-0.39, 0.29) is 12.5 Å². The molecule has 24 heavy (non-hydrogen) atoms. The van der Waals surface area contributed by atoms with E-state index in [1.54, 1.807) is 25.3 Å². The minimum atomic E-state index is -0.415. The number of hydrazine groups is 1. The lowest BCUT2D eigenvalue weighted by molar-refractivity contribution is -0.120. The molecule has 2 amide bonds. The molecule has 0 bridgehead atoms. The zero-order chi connectivity index (χ0) is 17.5. The van der Waals surface area contributed by atoms with Gasteiger partial charge in [0.05, 0.1) is 18.1 Å². The highest BCUT2D eigenvalue weighted by molar-refractivity contribution is 9.10. The van der Waals surface area contributed by atoms with Crippen molar-refractivity contribution in [3.63, 3.8) is 0 Å². The molecular formula is C17H18BrN3O3. The SMILES string of the molecule is COc1ccc(C(=O)NNC(=O)CNc2ccc(C)cc2)cc1Br. The van der Waals surface area contributed by atoms with Crippen molar-refractivity contribution >= 4 is 33.4 Å². The third-order valence-corrected chi connectivity index (χ3v) is 3.85. The van der Waals surface area contributed by atoms with Crippen molar-refractivity contribution in [1.29, 1.82) is 0 Å². The highest BCUT2D eigenvalue weighted by Crippen LogP contribution is 2.25. The Bertz CT molecular complexity index is 732. The molecule has 6 nitrogen and oxygen atoms in total. The van der Waals surface area contributed by atoms with Gasteiger partial charge in [-0.1, -0.05) is 17.7 Å². The number of nitrogens with one attached hydrogen (secondary N) is 3. The third-order valence-electron chi connectivity index (χ3n) is 3.23. The number of methoxy groups -OCH3 is 1. The van der Waals surface area contributed by atoms with Crippen LogP contribution >= 0.6 is 15.9 Å². The van der Waals surface area contributed by atoms with Crippen LogP contribution in [0.25, 0.3) is 0 Å². The predicted molar refractivity (Wildman–Crippen MR) is 96.0 cm³/mol. The van der Waals surface area contributed by atoms with Gasteiger partial charge in [0.15, 0.2) is 0 Å². The van der Waals surface area contributed by atoms with Crippen LogP contribution in [0, 0.1) is 6.92 Å². The summed E-state index contributed by atoms with van der Waals surface area (Å²) in [6.07, 6.45) is 0. The number of benzene rings is 2. The van der Waals surface area contributed by atoms with Crippen molar-refractivity contribution in [2.45, 2.75) is 6.92 Å². The van der Waals surface area contributed by atoms with Gasteiger partial charge in [-0.25, -0.2) is 0 Å². The van der Waals surface area contributed by atoms with Crippen LogP contribution in [-0.2, 0) is 4.79 Å². The maximum Gasteiger partial charge on any atom is 0.269 e. The summed E-state index contributed by atoms with van der Waals surface area (Å²) in [5, 5.41) is 2.97. The molecule has 0 atom stereocenters. The Morgan fingerprint density at radius 2 is 1.79 bits per heavy atom. The van der Waals surface area contributed by atoms with Crippen LogP contribution in [0.4, 0.5) is 5.69 Å². The molecule has 0 spiro atoms. The average Bonchev–Trinajstić information content (AvgIpc) is 2.59. The number of halogens is 1. The Hall–Kier alpha value is -2.54. The van der Waals surface area contributed by atoms with E-state index in [2.05, 4.69) is 32.1 Å². The summed E-state index contributed by atoms with van der Waals surface area (Å²) in [6.45, 7) is 2.04. The summed E-state index contributed by atoms with van der Waals surface area (Å²) in [5.74, 6) is -0.142. The number of hydrogen-bond acceptors (Lipinski definition) is 4. The first-order chi connectivity index (χ1) is 11.5. The van der Waals surface area contributed by atoms with Gasteiger partial charge < -0.3 is 10.1 Å². The molecule has 0 aliphatic rings. The minimum Gasteiger partial charge on any atom is -0.496 e. The van der Waals surface area contributed by atoms with Crippen LogP contribution in [0.2, 0.25) is 0 Å². The predicted octanol–water partition coefficient (Wildman–Crippen LogP) is 2.64. The number of anilines is 1. The molecule has 126 valence electrons. The number of aryl methyl sites for hydroxylation is 1. The number of carbonyl (C=O) groups is 2. The van der Waals surface area contributed by atoms with Gasteiger partial charge in [0.1, 0.15) is 5.75 Å². The zero-order valence-corrected chi connectivity index (χ0v) is 14.9. The fourth-order valence-corrected chi connectivity index (χ4v) is 2.44. The van der Waals surface area contributed by atoms with Crippen molar-refractivity contribution in [2.75, 3.05) is 19.0 Å². The van der Waals surface area contributed by atoms with Crippen molar-refractivity contribution in [3.8, 4) is 5.75 Å². The summed E-state index contributed by atoms with van der Waals surface area (Å²) >= 11 is 3.31. The fourth-order valence-electron chi connectivity index (χ4n) is 1.90. The minimum absolute atomic E-state index is 0.0512. The molecule has 0 heterocycles. The summed E-state index contributed by atoms with van der Waals surface area (Å²) in [6, 6.07) is 12.6. The van der Waals surface area contributed by atoms with Crippen molar-refractivity contribution in [2.24, 2.45) is 0 Å². The lowest BCUT2D eigenvalue weighted by Crippen LogP contribution is -2.44. The monoisotopic (exact) mass is 391 g/mol. The van der Waals surface area contributed by atoms with Gasteiger partial charge in [-0.2, -0.15) is 0 Å². The van der Waals surface area contributed by atoms with Crippen LogP contribution < -0.4 is 20.9 Å². The van der Waals surface area contributed by atoms with E-state index in [0.29, 0.717) is 15.8 Å². The number of rotatable bonds is 5. The van der Waals surface area contributed by atoms with Crippen molar-refractivity contribution < 1.29 is 14.3 Å². The topological polar surface area (TPSA) is 79.5 Å². The maximum absolute atomic E-state index is 12.0. The van der Waals surface area contributed by atoms with E-state index < -0.39 is 5.91 Å². The van der Waals surface area contributed by atoms with Crippen LogP contribution in [0.15, 0.2) is 46.9 Å². The summed E-state index contributed by atoms with van der Waals surface area (Å²) in [7, 11) is 1.54. The molecule has 0 unspecified atom stereocenters. The van der Waals surface area contributed by atoms with Gasteiger partial charge in [0, 0.05) is 11.3 Å². The van der Waals surface area contributed by atoms with Crippen LogP contribution in [0.1, 0.15) is 15.9 Å². The summed E-state index contributed by atoms with van der Waals surface area (Å²) < 4.78 is 5.76. The lowest BCUT2D eigenvalue weighted by Gasteiger charge is -2.10. The molecule has 3 N–H and O–H groups in total. The fraction of sp³-hybridized carbons (Fsp3) is 0.176. The van der Waals surface area contributed by atoms with E-state index in [9.17, 15) is 9.59 Å². The molecule has 0 aliphatic heterocycles. The molecule has 7 heteroatoms. The second-order valence-electron chi connectivity index (χ2n) is 5.07. The largest absolute Gasteiger partial charge is 0.496 e. The molecular weight excluding hydrogens is 374 g/mol. The molecule has 0 saturated carbocycles. The summed E-state index contributed by atoms with van der Waals surface area (Å²) in [5.41, 5.74) is 7.11. The number of ether oxygens (including phenoxy) is 1. The molecule has 2 aromatic carbocycles. The normalized spacial score (nSPS) is 9.96. The van der Waals surface area contributed by atoms with E-state index in [1.807, 2.05) is 31.2 Å². The van der Waals surface area contributed by atoms with E-state index in [0.717, 1.165) is 11.3 Å². The van der Waals surface area contributed by atoms with Crippen LogP contribution in [0.3, 0.4) is 0 Å². The van der Waals surface area contributed by atoms with Crippen LogP contribution in [-0.4, -0.2) is 25.5 Å². The molecule has 0 radical (unpaired) electrons. The molecule has 0 fully saturated rings. The highest BCUT2D eigenvalue weighted by atomic mass is 79.9. The van der Waals surface area contributed by atoms with E-state index in [1.165, 1.54) is 0 Å². The first-order valence-electron chi connectivity index (χ1n) is 7.23. The Morgan fingerprint density at radius 3 is 2.42 bits per heavy atom. The number of amides is 2. The molecule has 0 aliphatic carbocycles. The van der Waals surface area contributed by atoms with Crippen LogP contribution in [0.5, 0.6) is 5.75 Å². The Balaban J connectivity index is 1.81. The van der Waals surface area contributed by atoms with Gasteiger partial charge in [0.25, 0.3) is 11.8 Å². The average molecular weight is 392 g/mol. The first kappa shape index (κ1) is 17.8. The van der Waals surface area contributed by atoms with Gasteiger partial charge in [-0.15, -0.1) is 0 Å². The molecule has 0 saturated heterocycles. The second kappa shape index (κ2) is 8.35. The van der Waals surface area contributed by atoms with Gasteiger partial charge in [-0.05, 0) is 53.2 Å². The first-order valence-corrected chi connectivity index (χ1v) is 8.02. The number of carbonyl (C=O) groups excluding carboxylic acids is 2. The Morgan fingerprint density at radius 1 is 1.08 bits per heavy atom. The lowest BCUT2D eigenvalue weighted by atomic mass is 10.2. The molecule has 0 aromatic heterocycles. The van der Waals surface area contributed by atoms with Crippen molar-refractivity contribution in [3.05, 3.63) is 58.1 Å². The van der Waals surface area contributed by atoms with Gasteiger partial charge >= 0.3 is 0 Å². The quantitative estimate of drug-likeness (QED) is 0.684. The second-order valence-corrected chi connectivity index (χ2v) is 5.93. The Labute approximate surface area is 148 Å². The number of hydrogen-bond donors (Lipinski definition) is 3. The van der Waals surface area contributed by atoms with E-state index >= 15 is 0 Å². The molecule has 2 aromatic rings. The third kappa shape index (κ3) is 4.99. The maximum atomic E-state index is 12.0. The summed E-state index contributed by atoms with van der Waals surface area (Å²) in [4.78, 5) is 23.8. The van der Waals surface area contributed by atoms with Crippen molar-refractivity contribution in [1.82, 2.24) is 10.9 Å². The van der Waals surface area contributed by atoms with Gasteiger partial charge in [-0.3, -0.25) is 20.4 Å². The Kier molecular flexibility index (Phi) is 6.20. The van der Waals surface area contributed by atoms with Gasteiger partial charge in [0.2, 0.25) is 0 Å². The highest BCUT2D eigenvalue weighted by Gasteiger charge is 2.10. The zero-order valence-electron chi connectivity index (χ0n) is 13.4. The molecule has 2 rings (SSSR count). The van der Waals surface area contributed by atoms with E-state index in [4.69, 9.17) is 4.74 Å². The smallest absolute Gasteiger partial charge is 0.269 e. The standard InChI is InChI=1S/C17H18BrN3O3/c1-11-3-6-13(7-4-11)19-10-16(22)20-21-17(23)12-5-8-15(24-2)14(18)9-12/h3-9,19H,10H2,1-2H3,(H,20,22)(H,21,23).